The van der Waals surface area contributed by atoms with Gasteiger partial charge in [0.2, 0.25) is 0 Å². The molecule has 1 heteroatoms. The number of aliphatic hydroxyl groups excluding tert-OH is 1. The third kappa shape index (κ3) is 7.62. The fourth-order valence-electron chi connectivity index (χ4n) is 1.22. The van der Waals surface area contributed by atoms with Gasteiger partial charge in [-0.25, -0.2) is 0 Å². The van der Waals surface area contributed by atoms with Crippen LogP contribution in [0.2, 0.25) is 0 Å². The molecule has 0 aliphatic carbocycles. The first-order valence-corrected chi connectivity index (χ1v) is 4.83. The molecule has 1 nitrogen and oxygen atoms in total. The highest BCUT2D eigenvalue weighted by Crippen LogP contribution is 2.13. The van der Waals surface area contributed by atoms with Crippen molar-refractivity contribution in [3.8, 4) is 12.3 Å². The van der Waals surface area contributed by atoms with E-state index < -0.39 is 6.10 Å². The first-order chi connectivity index (χ1) is 6.06. The molecule has 0 aromatic carbocycles. The molecule has 0 fully saturated rings. The topological polar surface area (TPSA) is 20.2 Å². The van der Waals surface area contributed by atoms with Gasteiger partial charge in [-0.05, 0) is 39.0 Å². The van der Waals surface area contributed by atoms with E-state index in [1.54, 1.807) is 0 Å². The average Bonchev–Trinajstić information content (AvgIpc) is 2.03. The molecule has 0 spiro atoms. The SMILES string of the molecule is C#C[C@@H](O)C[C@H](C)CCC=C(C)C. The van der Waals surface area contributed by atoms with Crippen molar-refractivity contribution in [2.75, 3.05) is 0 Å². The summed E-state index contributed by atoms with van der Waals surface area (Å²) in [6.07, 6.45) is 9.64. The van der Waals surface area contributed by atoms with Gasteiger partial charge < -0.3 is 5.11 Å². The second kappa shape index (κ2) is 6.74. The van der Waals surface area contributed by atoms with Gasteiger partial charge in [0, 0.05) is 0 Å². The average molecular weight is 180 g/mol. The maximum Gasteiger partial charge on any atom is 0.114 e. The summed E-state index contributed by atoms with van der Waals surface area (Å²) in [5.41, 5.74) is 1.35. The highest BCUT2D eigenvalue weighted by atomic mass is 16.3. The highest BCUT2D eigenvalue weighted by molar-refractivity contribution is 4.95. The second-order valence-electron chi connectivity index (χ2n) is 3.88. The van der Waals surface area contributed by atoms with E-state index in [9.17, 15) is 5.11 Å². The van der Waals surface area contributed by atoms with Crippen molar-refractivity contribution in [3.63, 3.8) is 0 Å². The van der Waals surface area contributed by atoms with Crippen molar-refractivity contribution in [2.45, 2.75) is 46.1 Å². The summed E-state index contributed by atoms with van der Waals surface area (Å²) in [6, 6.07) is 0. The minimum Gasteiger partial charge on any atom is -0.380 e. The monoisotopic (exact) mass is 180 g/mol. The molecule has 0 aliphatic heterocycles. The third-order valence-corrected chi connectivity index (χ3v) is 2.03. The number of allylic oxidation sites excluding steroid dienone is 2. The van der Waals surface area contributed by atoms with Crippen LogP contribution in [0.15, 0.2) is 11.6 Å². The molecule has 0 unspecified atom stereocenters. The molecule has 0 saturated carbocycles. The lowest BCUT2D eigenvalue weighted by Crippen LogP contribution is -2.08. The van der Waals surface area contributed by atoms with Crippen LogP contribution in [0.5, 0.6) is 0 Å². The summed E-state index contributed by atoms with van der Waals surface area (Å²) in [4.78, 5) is 0. The Hall–Kier alpha value is -0.740. The molecular weight excluding hydrogens is 160 g/mol. The molecule has 0 amide bonds. The van der Waals surface area contributed by atoms with E-state index in [0.29, 0.717) is 12.3 Å². The van der Waals surface area contributed by atoms with Crippen LogP contribution >= 0.6 is 0 Å². The summed E-state index contributed by atoms with van der Waals surface area (Å²) in [6.45, 7) is 6.32. The standard InChI is InChI=1S/C12H20O/c1-5-12(13)9-11(4)8-6-7-10(2)3/h1,7,11-13H,6,8-9H2,2-4H3/t11-,12-/m1/s1. The highest BCUT2D eigenvalue weighted by Gasteiger charge is 2.06. The Morgan fingerprint density at radius 2 is 2.15 bits per heavy atom. The van der Waals surface area contributed by atoms with E-state index in [0.717, 1.165) is 12.8 Å². The van der Waals surface area contributed by atoms with Crippen LogP contribution in [0.25, 0.3) is 0 Å². The molecular formula is C12H20O. The number of terminal acetylenes is 1. The quantitative estimate of drug-likeness (QED) is 0.509. The molecule has 0 aliphatic rings. The first kappa shape index (κ1) is 12.3. The summed E-state index contributed by atoms with van der Waals surface area (Å²) >= 11 is 0. The largest absolute Gasteiger partial charge is 0.380 e. The minimum absolute atomic E-state index is 0.502. The zero-order valence-electron chi connectivity index (χ0n) is 8.88. The van der Waals surface area contributed by atoms with Crippen molar-refractivity contribution in [3.05, 3.63) is 11.6 Å². The fourth-order valence-corrected chi connectivity index (χ4v) is 1.22. The van der Waals surface area contributed by atoms with E-state index in [2.05, 4.69) is 32.8 Å². The van der Waals surface area contributed by atoms with Crippen molar-refractivity contribution in [1.82, 2.24) is 0 Å². The number of hydrogen-bond donors (Lipinski definition) is 1. The molecule has 0 saturated heterocycles. The van der Waals surface area contributed by atoms with Gasteiger partial charge in [0.05, 0.1) is 0 Å². The van der Waals surface area contributed by atoms with Gasteiger partial charge in [0.15, 0.2) is 0 Å². The van der Waals surface area contributed by atoms with Crippen molar-refractivity contribution in [1.29, 1.82) is 0 Å². The Morgan fingerprint density at radius 1 is 1.54 bits per heavy atom. The van der Waals surface area contributed by atoms with Crippen molar-refractivity contribution in [2.24, 2.45) is 5.92 Å². The zero-order chi connectivity index (χ0) is 10.3. The van der Waals surface area contributed by atoms with Crippen LogP contribution < -0.4 is 0 Å². The van der Waals surface area contributed by atoms with E-state index in [-0.39, 0.29) is 0 Å². The van der Waals surface area contributed by atoms with Crippen LogP contribution in [0.3, 0.4) is 0 Å². The molecule has 2 atom stereocenters. The Balaban J connectivity index is 3.58. The molecule has 0 aromatic rings. The lowest BCUT2D eigenvalue weighted by Gasteiger charge is -2.11. The van der Waals surface area contributed by atoms with Crippen LogP contribution in [0, 0.1) is 18.3 Å². The van der Waals surface area contributed by atoms with Crippen LogP contribution in [0.4, 0.5) is 0 Å². The van der Waals surface area contributed by atoms with E-state index in [1.165, 1.54) is 5.57 Å². The number of hydrogen-bond acceptors (Lipinski definition) is 1. The summed E-state index contributed by atoms with van der Waals surface area (Å²) in [7, 11) is 0. The molecule has 0 rings (SSSR count). The summed E-state index contributed by atoms with van der Waals surface area (Å²) < 4.78 is 0. The lowest BCUT2D eigenvalue weighted by atomic mass is 9.98. The maximum absolute atomic E-state index is 9.19. The molecule has 74 valence electrons. The van der Waals surface area contributed by atoms with E-state index in [1.807, 2.05) is 0 Å². The van der Waals surface area contributed by atoms with Gasteiger partial charge >= 0.3 is 0 Å². The fraction of sp³-hybridized carbons (Fsp3) is 0.667. The normalized spacial score (nSPS) is 14.4. The van der Waals surface area contributed by atoms with E-state index in [4.69, 9.17) is 6.42 Å². The predicted molar refractivity (Wildman–Crippen MR) is 57.3 cm³/mol. The second-order valence-corrected chi connectivity index (χ2v) is 3.88. The number of aliphatic hydroxyl groups is 1. The summed E-state index contributed by atoms with van der Waals surface area (Å²) in [5.74, 6) is 2.84. The minimum atomic E-state index is -0.568. The first-order valence-electron chi connectivity index (χ1n) is 4.83. The Morgan fingerprint density at radius 3 is 2.62 bits per heavy atom. The molecule has 0 radical (unpaired) electrons. The third-order valence-electron chi connectivity index (χ3n) is 2.03. The maximum atomic E-state index is 9.19. The molecule has 0 bridgehead atoms. The number of rotatable bonds is 5. The van der Waals surface area contributed by atoms with Gasteiger partial charge in [-0.3, -0.25) is 0 Å². The van der Waals surface area contributed by atoms with Crippen LogP contribution in [0.1, 0.15) is 40.0 Å². The van der Waals surface area contributed by atoms with Crippen LogP contribution in [-0.2, 0) is 0 Å². The van der Waals surface area contributed by atoms with Gasteiger partial charge in [0.1, 0.15) is 6.10 Å². The molecule has 13 heavy (non-hydrogen) atoms. The Kier molecular flexibility index (Phi) is 6.36. The Bertz CT molecular complexity index is 194. The van der Waals surface area contributed by atoms with Gasteiger partial charge in [-0.15, -0.1) is 6.42 Å². The van der Waals surface area contributed by atoms with Gasteiger partial charge in [-0.2, -0.15) is 0 Å². The lowest BCUT2D eigenvalue weighted by molar-refractivity contribution is 0.197. The Labute approximate surface area is 81.9 Å². The van der Waals surface area contributed by atoms with Crippen molar-refractivity contribution < 1.29 is 5.11 Å². The molecule has 0 heterocycles. The molecule has 1 N–H and O–H groups in total. The zero-order valence-corrected chi connectivity index (χ0v) is 8.88. The predicted octanol–water partition coefficient (Wildman–Crippen LogP) is 2.75. The van der Waals surface area contributed by atoms with Crippen LogP contribution in [-0.4, -0.2) is 11.2 Å². The molecule has 0 aromatic heterocycles. The van der Waals surface area contributed by atoms with E-state index >= 15 is 0 Å². The van der Waals surface area contributed by atoms with Gasteiger partial charge in [-0.1, -0.05) is 24.5 Å². The van der Waals surface area contributed by atoms with Crippen molar-refractivity contribution >= 4 is 0 Å². The van der Waals surface area contributed by atoms with Gasteiger partial charge in [0.25, 0.3) is 0 Å². The smallest absolute Gasteiger partial charge is 0.114 e. The summed E-state index contributed by atoms with van der Waals surface area (Å²) in [5, 5.41) is 9.19.